The zero-order chi connectivity index (χ0) is 10.0. The molecule has 13 heavy (non-hydrogen) atoms. The largest absolute Gasteiger partial charge is 0.481 e. The summed E-state index contributed by atoms with van der Waals surface area (Å²) in [6, 6.07) is 1.37. The summed E-state index contributed by atoms with van der Waals surface area (Å²) in [6.07, 6.45) is -2.60. The van der Waals surface area contributed by atoms with Crippen molar-refractivity contribution in [2.45, 2.75) is 6.43 Å². The van der Waals surface area contributed by atoms with Crippen molar-refractivity contribution in [1.29, 1.82) is 0 Å². The molecule has 1 heterocycles. The van der Waals surface area contributed by atoms with Gasteiger partial charge in [-0.3, -0.25) is 0 Å². The SMILES string of the molecule is COc1nc(Cl)cc(I)c1C(F)F. The molecule has 2 nitrogen and oxygen atoms in total. The number of ether oxygens (including phenoxy) is 1. The molecule has 6 heteroatoms. The fourth-order valence-corrected chi connectivity index (χ4v) is 1.96. The summed E-state index contributed by atoms with van der Waals surface area (Å²) in [5.41, 5.74) is -0.215. The standard InChI is InChI=1S/C7H5ClF2INO/c1-13-7-5(6(9)10)3(11)2-4(8)12-7/h2,6H,1H3. The van der Waals surface area contributed by atoms with E-state index in [0.717, 1.165) is 0 Å². The van der Waals surface area contributed by atoms with Crippen molar-refractivity contribution in [2.75, 3.05) is 7.11 Å². The van der Waals surface area contributed by atoms with E-state index >= 15 is 0 Å². The van der Waals surface area contributed by atoms with Crippen LogP contribution >= 0.6 is 34.2 Å². The summed E-state index contributed by atoms with van der Waals surface area (Å²) in [5.74, 6) is -0.119. The molecule has 0 unspecified atom stereocenters. The predicted molar refractivity (Wildman–Crippen MR) is 53.5 cm³/mol. The number of alkyl halides is 2. The van der Waals surface area contributed by atoms with Crippen LogP contribution in [0, 0.1) is 3.57 Å². The lowest BCUT2D eigenvalue weighted by Crippen LogP contribution is -1.98. The third-order valence-corrected chi connectivity index (χ3v) is 2.44. The van der Waals surface area contributed by atoms with Gasteiger partial charge in [-0.15, -0.1) is 0 Å². The van der Waals surface area contributed by atoms with Gasteiger partial charge >= 0.3 is 0 Å². The van der Waals surface area contributed by atoms with Crippen molar-refractivity contribution in [1.82, 2.24) is 4.98 Å². The van der Waals surface area contributed by atoms with E-state index in [1.165, 1.54) is 13.2 Å². The average molecular weight is 319 g/mol. The van der Waals surface area contributed by atoms with Crippen LogP contribution < -0.4 is 4.74 Å². The lowest BCUT2D eigenvalue weighted by Gasteiger charge is -2.08. The number of methoxy groups -OCH3 is 1. The highest BCUT2D eigenvalue weighted by atomic mass is 127. The molecule has 0 radical (unpaired) electrons. The number of rotatable bonds is 2. The minimum atomic E-state index is -2.60. The first kappa shape index (κ1) is 10.9. The van der Waals surface area contributed by atoms with Gasteiger partial charge in [0.05, 0.1) is 12.7 Å². The van der Waals surface area contributed by atoms with Crippen LogP contribution in [0.5, 0.6) is 5.88 Å². The predicted octanol–water partition coefficient (Wildman–Crippen LogP) is 3.29. The Balaban J connectivity index is 3.30. The van der Waals surface area contributed by atoms with Crippen LogP contribution in [0.1, 0.15) is 12.0 Å². The summed E-state index contributed by atoms with van der Waals surface area (Å²) in [7, 11) is 1.28. The van der Waals surface area contributed by atoms with E-state index in [1.807, 2.05) is 0 Å². The van der Waals surface area contributed by atoms with Crippen LogP contribution in [0.2, 0.25) is 5.15 Å². The van der Waals surface area contributed by atoms with Gasteiger partial charge < -0.3 is 4.74 Å². The molecule has 1 aromatic heterocycles. The van der Waals surface area contributed by atoms with Crippen LogP contribution in [0.3, 0.4) is 0 Å². The van der Waals surface area contributed by atoms with Crippen molar-refractivity contribution >= 4 is 34.2 Å². The molecule has 0 saturated heterocycles. The van der Waals surface area contributed by atoms with Gasteiger partial charge in [0.1, 0.15) is 5.15 Å². The summed E-state index contributed by atoms with van der Waals surface area (Å²) in [6.45, 7) is 0. The van der Waals surface area contributed by atoms with Crippen LogP contribution in [-0.2, 0) is 0 Å². The van der Waals surface area contributed by atoms with Crippen LogP contribution in [0.4, 0.5) is 8.78 Å². The molecule has 0 aromatic carbocycles. The van der Waals surface area contributed by atoms with E-state index < -0.39 is 6.43 Å². The van der Waals surface area contributed by atoms with Gasteiger partial charge in [0.15, 0.2) is 0 Å². The lowest BCUT2D eigenvalue weighted by atomic mass is 10.3. The van der Waals surface area contributed by atoms with E-state index in [0.29, 0.717) is 3.57 Å². The summed E-state index contributed by atoms with van der Waals surface area (Å²) < 4.78 is 29.9. The topological polar surface area (TPSA) is 22.1 Å². The second-order valence-corrected chi connectivity index (χ2v) is 3.70. The van der Waals surface area contributed by atoms with Crippen molar-refractivity contribution in [3.05, 3.63) is 20.4 Å². The Morgan fingerprint density at radius 1 is 1.62 bits per heavy atom. The summed E-state index contributed by atoms with van der Waals surface area (Å²) in [4.78, 5) is 3.63. The third kappa shape index (κ3) is 2.40. The minimum absolute atomic E-state index is 0.119. The molecular weight excluding hydrogens is 314 g/mol. The molecule has 0 aliphatic carbocycles. The maximum atomic E-state index is 12.4. The van der Waals surface area contributed by atoms with E-state index in [-0.39, 0.29) is 16.6 Å². The molecule has 0 amide bonds. The van der Waals surface area contributed by atoms with Gasteiger partial charge in [0, 0.05) is 3.57 Å². The first-order chi connectivity index (χ1) is 6.06. The third-order valence-electron chi connectivity index (χ3n) is 1.35. The number of nitrogens with zero attached hydrogens (tertiary/aromatic N) is 1. The normalized spacial score (nSPS) is 10.6. The smallest absolute Gasteiger partial charge is 0.270 e. The molecular formula is C7H5ClF2INO. The Morgan fingerprint density at radius 2 is 2.23 bits per heavy atom. The zero-order valence-electron chi connectivity index (χ0n) is 6.52. The van der Waals surface area contributed by atoms with Gasteiger partial charge in [-0.1, -0.05) is 11.6 Å². The quantitative estimate of drug-likeness (QED) is 0.616. The molecule has 0 saturated carbocycles. The second kappa shape index (κ2) is 4.36. The van der Waals surface area contributed by atoms with Gasteiger partial charge in [-0.2, -0.15) is 0 Å². The molecule has 1 aromatic rings. The Hall–Kier alpha value is -0.170. The van der Waals surface area contributed by atoms with E-state index in [1.54, 1.807) is 22.6 Å². The second-order valence-electron chi connectivity index (χ2n) is 2.15. The fourth-order valence-electron chi connectivity index (χ4n) is 0.827. The highest BCUT2D eigenvalue weighted by molar-refractivity contribution is 14.1. The number of aromatic nitrogens is 1. The van der Waals surface area contributed by atoms with Crippen molar-refractivity contribution in [3.8, 4) is 5.88 Å². The maximum Gasteiger partial charge on any atom is 0.270 e. The molecule has 0 N–H and O–H groups in total. The fraction of sp³-hybridized carbons (Fsp3) is 0.286. The Morgan fingerprint density at radius 3 is 2.69 bits per heavy atom. The number of hydrogen-bond donors (Lipinski definition) is 0. The van der Waals surface area contributed by atoms with E-state index in [2.05, 4.69) is 9.72 Å². The van der Waals surface area contributed by atoms with E-state index in [4.69, 9.17) is 11.6 Å². The number of hydrogen-bond acceptors (Lipinski definition) is 2. The van der Waals surface area contributed by atoms with Gasteiger partial charge in [0.2, 0.25) is 5.88 Å². The van der Waals surface area contributed by atoms with Crippen molar-refractivity contribution in [2.24, 2.45) is 0 Å². The molecule has 1 rings (SSSR count). The molecule has 0 aliphatic heterocycles. The number of halogens is 4. The van der Waals surface area contributed by atoms with Gasteiger partial charge in [-0.05, 0) is 28.7 Å². The summed E-state index contributed by atoms with van der Waals surface area (Å²) in [5, 5.41) is 0.144. The summed E-state index contributed by atoms with van der Waals surface area (Å²) >= 11 is 7.33. The average Bonchev–Trinajstić information content (AvgIpc) is 2.01. The Labute approximate surface area is 92.4 Å². The van der Waals surface area contributed by atoms with Crippen LogP contribution in [-0.4, -0.2) is 12.1 Å². The van der Waals surface area contributed by atoms with Crippen molar-refractivity contribution in [3.63, 3.8) is 0 Å². The molecule has 0 bridgehead atoms. The molecule has 0 fully saturated rings. The van der Waals surface area contributed by atoms with Gasteiger partial charge in [-0.25, -0.2) is 13.8 Å². The lowest BCUT2D eigenvalue weighted by molar-refractivity contribution is 0.145. The minimum Gasteiger partial charge on any atom is -0.481 e. The van der Waals surface area contributed by atoms with Crippen LogP contribution in [0.15, 0.2) is 6.07 Å². The maximum absolute atomic E-state index is 12.4. The first-order valence-corrected chi connectivity index (χ1v) is 4.70. The molecule has 0 aliphatic rings. The molecule has 0 spiro atoms. The number of pyridine rings is 1. The Kier molecular flexibility index (Phi) is 3.66. The van der Waals surface area contributed by atoms with Crippen LogP contribution in [0.25, 0.3) is 0 Å². The highest BCUT2D eigenvalue weighted by Crippen LogP contribution is 2.33. The molecule has 0 atom stereocenters. The van der Waals surface area contributed by atoms with E-state index in [9.17, 15) is 8.78 Å². The van der Waals surface area contributed by atoms with Crippen molar-refractivity contribution < 1.29 is 13.5 Å². The monoisotopic (exact) mass is 319 g/mol. The highest BCUT2D eigenvalue weighted by Gasteiger charge is 2.19. The zero-order valence-corrected chi connectivity index (χ0v) is 9.44. The first-order valence-electron chi connectivity index (χ1n) is 3.24. The Bertz CT molecular complexity index is 322. The molecule has 72 valence electrons. The van der Waals surface area contributed by atoms with Gasteiger partial charge in [0.25, 0.3) is 6.43 Å².